The molecule has 1 heterocycles. The van der Waals surface area contributed by atoms with Gasteiger partial charge in [-0.05, 0) is 25.1 Å². The predicted octanol–water partition coefficient (Wildman–Crippen LogP) is 2.64. The van der Waals surface area contributed by atoms with Gasteiger partial charge in [-0.2, -0.15) is 0 Å². The van der Waals surface area contributed by atoms with E-state index < -0.39 is 0 Å². The summed E-state index contributed by atoms with van der Waals surface area (Å²) in [5.41, 5.74) is 0. The van der Waals surface area contributed by atoms with Crippen molar-refractivity contribution in [1.29, 1.82) is 0 Å². The molecule has 11 heavy (non-hydrogen) atoms. The maximum Gasteiger partial charge on any atom is 0.284 e. The highest BCUT2D eigenvalue weighted by Crippen LogP contribution is 2.19. The first kappa shape index (κ1) is 8.46. The van der Waals surface area contributed by atoms with E-state index in [-0.39, 0.29) is 0 Å². The first-order chi connectivity index (χ1) is 5.27. The van der Waals surface area contributed by atoms with Crippen LogP contribution in [0.5, 0.6) is 0 Å². The number of aromatic nitrogens is 2. The molecule has 0 amide bonds. The average molecular weight is 172 g/mol. The molecule has 0 spiro atoms. The zero-order valence-electron chi connectivity index (χ0n) is 6.76. The summed E-state index contributed by atoms with van der Waals surface area (Å²) in [4.78, 5) is 0.368. The van der Waals surface area contributed by atoms with Gasteiger partial charge in [0.2, 0.25) is 5.89 Å². The molecule has 0 unspecified atom stereocenters. The molecule has 4 heteroatoms. The van der Waals surface area contributed by atoms with E-state index in [0.29, 0.717) is 10.8 Å². The maximum absolute atomic E-state index is 5.18. The molecular weight excluding hydrogens is 160 g/mol. The molecule has 0 aliphatic carbocycles. The zero-order valence-corrected chi connectivity index (χ0v) is 7.57. The lowest BCUT2D eigenvalue weighted by Gasteiger charge is -2.04. The second kappa shape index (κ2) is 3.67. The number of rotatable bonds is 3. The quantitative estimate of drug-likeness (QED) is 0.712. The Morgan fingerprint density at radius 2 is 2.18 bits per heavy atom. The van der Waals surface area contributed by atoms with Gasteiger partial charge in [-0.3, -0.25) is 0 Å². The minimum atomic E-state index is 0.368. The van der Waals surface area contributed by atoms with Crippen LogP contribution in [0.15, 0.2) is 4.42 Å². The average Bonchev–Trinajstić information content (AvgIpc) is 2.39. The molecule has 0 fully saturated rings. The first-order valence-electron chi connectivity index (χ1n) is 3.83. The van der Waals surface area contributed by atoms with Crippen molar-refractivity contribution in [2.75, 3.05) is 0 Å². The van der Waals surface area contributed by atoms with Gasteiger partial charge < -0.3 is 4.42 Å². The number of H-pyrrole nitrogens is 1. The topological polar surface area (TPSA) is 41.8 Å². The smallest absolute Gasteiger partial charge is 0.284 e. The molecule has 0 aromatic carbocycles. The van der Waals surface area contributed by atoms with Gasteiger partial charge in [0.05, 0.1) is 0 Å². The lowest BCUT2D eigenvalue weighted by Crippen LogP contribution is -1.94. The standard InChI is InChI=1S/C7H12N2OS/c1-3-5(4-2)6-8-9-7(11)10-6/h5H,3-4H2,1-2H3,(H,9,11). The normalized spacial score (nSPS) is 10.8. The summed E-state index contributed by atoms with van der Waals surface area (Å²) in [6.45, 7) is 4.23. The molecular formula is C7H12N2OS. The predicted molar refractivity (Wildman–Crippen MR) is 45.0 cm³/mol. The van der Waals surface area contributed by atoms with Crippen LogP contribution in [0.1, 0.15) is 38.5 Å². The second-order valence-electron chi connectivity index (χ2n) is 2.46. The summed E-state index contributed by atoms with van der Waals surface area (Å²) < 4.78 is 5.18. The number of aromatic amines is 1. The molecule has 1 rings (SSSR count). The third-order valence-electron chi connectivity index (χ3n) is 1.79. The van der Waals surface area contributed by atoms with Crippen LogP contribution >= 0.6 is 12.2 Å². The van der Waals surface area contributed by atoms with Crippen LogP contribution in [0, 0.1) is 4.84 Å². The van der Waals surface area contributed by atoms with Gasteiger partial charge in [0.1, 0.15) is 0 Å². The SMILES string of the molecule is CCC(CC)c1n[nH]c(=S)o1. The highest BCUT2D eigenvalue weighted by Gasteiger charge is 2.11. The molecule has 1 N–H and O–H groups in total. The summed E-state index contributed by atoms with van der Waals surface area (Å²) in [7, 11) is 0. The number of nitrogens with zero attached hydrogens (tertiary/aromatic N) is 1. The Bertz CT molecular complexity index is 261. The van der Waals surface area contributed by atoms with Crippen molar-refractivity contribution in [1.82, 2.24) is 10.2 Å². The number of hydrogen-bond acceptors (Lipinski definition) is 3. The van der Waals surface area contributed by atoms with E-state index >= 15 is 0 Å². The number of hydrogen-bond donors (Lipinski definition) is 1. The number of nitrogens with one attached hydrogen (secondary N) is 1. The Labute approximate surface area is 70.8 Å². The van der Waals surface area contributed by atoms with E-state index in [1.807, 2.05) is 0 Å². The minimum absolute atomic E-state index is 0.368. The van der Waals surface area contributed by atoms with Crippen LogP contribution in [0.3, 0.4) is 0 Å². The Morgan fingerprint density at radius 3 is 2.55 bits per heavy atom. The van der Waals surface area contributed by atoms with Crippen molar-refractivity contribution in [2.45, 2.75) is 32.6 Å². The summed E-state index contributed by atoms with van der Waals surface area (Å²) >= 11 is 4.76. The van der Waals surface area contributed by atoms with Crippen LogP contribution in [-0.4, -0.2) is 10.2 Å². The summed E-state index contributed by atoms with van der Waals surface area (Å²) in [6.07, 6.45) is 2.08. The van der Waals surface area contributed by atoms with Gasteiger partial charge in [0.15, 0.2) is 0 Å². The van der Waals surface area contributed by atoms with E-state index in [2.05, 4.69) is 24.0 Å². The van der Waals surface area contributed by atoms with Crippen molar-refractivity contribution in [2.24, 2.45) is 0 Å². The summed E-state index contributed by atoms with van der Waals surface area (Å²) in [5, 5.41) is 6.58. The van der Waals surface area contributed by atoms with Crippen molar-refractivity contribution in [3.63, 3.8) is 0 Å². The van der Waals surface area contributed by atoms with E-state index in [1.54, 1.807) is 0 Å². The molecule has 1 aromatic heterocycles. The zero-order chi connectivity index (χ0) is 8.27. The van der Waals surface area contributed by atoms with Gasteiger partial charge in [0, 0.05) is 5.92 Å². The van der Waals surface area contributed by atoms with Gasteiger partial charge in [0.25, 0.3) is 4.84 Å². The summed E-state index contributed by atoms with van der Waals surface area (Å²) in [6, 6.07) is 0. The highest BCUT2D eigenvalue weighted by atomic mass is 32.1. The second-order valence-corrected chi connectivity index (χ2v) is 2.84. The van der Waals surface area contributed by atoms with Crippen LogP contribution in [0.25, 0.3) is 0 Å². The largest absolute Gasteiger partial charge is 0.414 e. The Balaban J connectivity index is 2.81. The molecule has 0 radical (unpaired) electrons. The van der Waals surface area contributed by atoms with E-state index in [4.69, 9.17) is 16.6 Å². The molecule has 0 aliphatic rings. The fourth-order valence-electron chi connectivity index (χ4n) is 1.05. The van der Waals surface area contributed by atoms with Crippen molar-refractivity contribution in [3.8, 4) is 0 Å². The fourth-order valence-corrected chi connectivity index (χ4v) is 1.18. The van der Waals surface area contributed by atoms with Gasteiger partial charge in [-0.15, -0.1) is 5.10 Å². The molecule has 0 bridgehead atoms. The Morgan fingerprint density at radius 1 is 1.55 bits per heavy atom. The maximum atomic E-state index is 5.18. The van der Waals surface area contributed by atoms with E-state index in [9.17, 15) is 0 Å². The van der Waals surface area contributed by atoms with Gasteiger partial charge in [-0.1, -0.05) is 13.8 Å². The van der Waals surface area contributed by atoms with Gasteiger partial charge >= 0.3 is 0 Å². The molecule has 0 saturated carbocycles. The molecule has 0 saturated heterocycles. The van der Waals surface area contributed by atoms with E-state index in [0.717, 1.165) is 18.7 Å². The van der Waals surface area contributed by atoms with Crippen LogP contribution in [0.4, 0.5) is 0 Å². The van der Waals surface area contributed by atoms with Crippen LogP contribution in [0.2, 0.25) is 0 Å². The van der Waals surface area contributed by atoms with Crippen molar-refractivity contribution in [3.05, 3.63) is 10.7 Å². The fraction of sp³-hybridized carbons (Fsp3) is 0.714. The molecule has 3 nitrogen and oxygen atoms in total. The first-order valence-corrected chi connectivity index (χ1v) is 4.24. The van der Waals surface area contributed by atoms with Crippen molar-refractivity contribution < 1.29 is 4.42 Å². The lowest BCUT2D eigenvalue weighted by atomic mass is 10.0. The molecule has 0 aliphatic heterocycles. The monoisotopic (exact) mass is 172 g/mol. The Hall–Kier alpha value is -0.640. The van der Waals surface area contributed by atoms with Gasteiger partial charge in [-0.25, -0.2) is 5.10 Å². The lowest BCUT2D eigenvalue weighted by molar-refractivity contribution is 0.423. The molecule has 62 valence electrons. The highest BCUT2D eigenvalue weighted by molar-refractivity contribution is 7.71. The van der Waals surface area contributed by atoms with Crippen LogP contribution < -0.4 is 0 Å². The third-order valence-corrected chi connectivity index (χ3v) is 1.96. The minimum Gasteiger partial charge on any atom is -0.414 e. The Kier molecular flexibility index (Phi) is 2.82. The third kappa shape index (κ3) is 1.89. The van der Waals surface area contributed by atoms with Crippen molar-refractivity contribution >= 4 is 12.2 Å². The summed E-state index contributed by atoms with van der Waals surface area (Å²) in [5.74, 6) is 1.14. The van der Waals surface area contributed by atoms with E-state index in [1.165, 1.54) is 0 Å². The molecule has 0 atom stereocenters. The van der Waals surface area contributed by atoms with Crippen LogP contribution in [-0.2, 0) is 0 Å². The molecule has 1 aromatic rings.